The van der Waals surface area contributed by atoms with Gasteiger partial charge in [-0.2, -0.15) is 5.26 Å². The monoisotopic (exact) mass is 353 g/mol. The largest absolute Gasteiger partial charge is 0.399 e. The fraction of sp³-hybridized carbons (Fsp3) is 0.824. The van der Waals surface area contributed by atoms with Crippen molar-refractivity contribution in [3.05, 3.63) is 11.6 Å². The molecule has 1 spiro atoms. The van der Waals surface area contributed by atoms with Crippen molar-refractivity contribution >= 4 is 31.8 Å². The van der Waals surface area contributed by atoms with E-state index >= 15 is 0 Å². The molecule has 22 heavy (non-hydrogen) atoms. The average Bonchev–Trinajstić information content (AvgIpc) is 2.88. The van der Waals surface area contributed by atoms with E-state index in [0.29, 0.717) is 4.08 Å². The highest BCUT2D eigenvalue weighted by Gasteiger charge is 2.58. The fourth-order valence-electron chi connectivity index (χ4n) is 4.28. The predicted molar refractivity (Wildman–Crippen MR) is 99.7 cm³/mol. The van der Waals surface area contributed by atoms with Gasteiger partial charge in [0.1, 0.15) is 0 Å². The predicted octanol–water partition coefficient (Wildman–Crippen LogP) is 5.19. The Hall–Kier alpha value is 0.107. The van der Waals surface area contributed by atoms with Gasteiger partial charge in [-0.15, -0.1) is 23.5 Å². The van der Waals surface area contributed by atoms with Crippen LogP contribution in [0.3, 0.4) is 0 Å². The van der Waals surface area contributed by atoms with Crippen LogP contribution < -0.4 is 0 Å². The van der Waals surface area contributed by atoms with E-state index in [9.17, 15) is 5.26 Å². The molecule has 0 N–H and O–H groups in total. The molecule has 3 rings (SSSR count). The summed E-state index contributed by atoms with van der Waals surface area (Å²) in [6.45, 7) is 8.93. The lowest BCUT2D eigenvalue weighted by Crippen LogP contribution is -2.57. The van der Waals surface area contributed by atoms with Crippen molar-refractivity contribution in [3.63, 3.8) is 0 Å². The van der Waals surface area contributed by atoms with Crippen molar-refractivity contribution in [2.24, 2.45) is 5.41 Å². The van der Waals surface area contributed by atoms with Crippen LogP contribution in [0.4, 0.5) is 0 Å². The van der Waals surface area contributed by atoms with E-state index in [1.54, 1.807) is 0 Å². The summed E-state index contributed by atoms with van der Waals surface area (Å²) in [4.78, 5) is 0. The highest BCUT2D eigenvalue weighted by molar-refractivity contribution is 8.21. The van der Waals surface area contributed by atoms with Crippen molar-refractivity contribution in [2.45, 2.75) is 68.3 Å². The van der Waals surface area contributed by atoms with Gasteiger partial charge >= 0.3 is 0 Å². The van der Waals surface area contributed by atoms with Crippen LogP contribution in [0.1, 0.15) is 39.0 Å². The first-order valence-corrected chi connectivity index (χ1v) is 13.7. The number of nitrogens with zero attached hydrogens (tertiary/aromatic N) is 1. The summed E-state index contributed by atoms with van der Waals surface area (Å²) in [7, 11) is -1.76. The second-order valence-corrected chi connectivity index (χ2v) is 15.6. The first-order chi connectivity index (χ1) is 10.2. The summed E-state index contributed by atoms with van der Waals surface area (Å²) >= 11 is 4.23. The summed E-state index contributed by atoms with van der Waals surface area (Å²) in [5, 5.41) is 10.1. The zero-order valence-corrected chi connectivity index (χ0v) is 16.8. The van der Waals surface area contributed by atoms with Crippen LogP contribution in [0.2, 0.25) is 19.6 Å². The number of rotatable bonds is 2. The second-order valence-electron chi connectivity index (χ2n) is 8.02. The molecule has 0 unspecified atom stereocenters. The van der Waals surface area contributed by atoms with Gasteiger partial charge in [0, 0.05) is 16.9 Å². The quantitative estimate of drug-likeness (QED) is 0.505. The lowest BCUT2D eigenvalue weighted by molar-refractivity contribution is -0.0224. The van der Waals surface area contributed by atoms with Crippen LogP contribution >= 0.6 is 23.5 Å². The van der Waals surface area contributed by atoms with Gasteiger partial charge in [0.25, 0.3) is 0 Å². The van der Waals surface area contributed by atoms with Crippen LogP contribution in [0, 0.1) is 16.7 Å². The maximum absolute atomic E-state index is 10.1. The van der Waals surface area contributed by atoms with Crippen molar-refractivity contribution in [2.75, 3.05) is 11.5 Å². The Balaban J connectivity index is 2.00. The molecule has 1 heterocycles. The number of fused-ring (bicyclic) bond motifs is 1. The molecule has 0 amide bonds. The molecule has 1 saturated heterocycles. The van der Waals surface area contributed by atoms with Crippen molar-refractivity contribution in [1.82, 2.24) is 0 Å². The van der Waals surface area contributed by atoms with Gasteiger partial charge in [-0.1, -0.05) is 18.6 Å². The van der Waals surface area contributed by atoms with Gasteiger partial charge in [0.05, 0.1) is 10.1 Å². The zero-order valence-electron chi connectivity index (χ0n) is 14.2. The van der Waals surface area contributed by atoms with Gasteiger partial charge in [-0.25, -0.2) is 0 Å². The third-order valence-corrected chi connectivity index (χ3v) is 9.74. The molecule has 2 fully saturated rings. The third kappa shape index (κ3) is 2.70. The summed E-state index contributed by atoms with van der Waals surface area (Å²) < 4.78 is 6.86. The van der Waals surface area contributed by atoms with Crippen LogP contribution in [0.5, 0.6) is 0 Å². The molecule has 0 radical (unpaired) electrons. The molecule has 2 atom stereocenters. The Labute approximate surface area is 144 Å². The molecule has 122 valence electrons. The number of hydrogen-bond acceptors (Lipinski definition) is 4. The SMILES string of the molecule is C[C@]12CCC3(C=C1CCC[C@]2(C#N)O[Si](C)(C)C)SCCS3. The number of nitriles is 1. The molecule has 0 aromatic heterocycles. The van der Waals surface area contributed by atoms with Gasteiger partial charge in [0.2, 0.25) is 0 Å². The maximum atomic E-state index is 10.1. The first-order valence-electron chi connectivity index (χ1n) is 8.36. The molecule has 0 aromatic carbocycles. The van der Waals surface area contributed by atoms with Crippen LogP contribution in [-0.2, 0) is 4.43 Å². The highest BCUT2D eigenvalue weighted by Crippen LogP contribution is 2.61. The molecule has 1 saturated carbocycles. The lowest BCUT2D eigenvalue weighted by Gasteiger charge is -2.54. The van der Waals surface area contributed by atoms with Crippen molar-refractivity contribution < 1.29 is 4.43 Å². The van der Waals surface area contributed by atoms with Crippen LogP contribution in [0.25, 0.3) is 0 Å². The van der Waals surface area contributed by atoms with E-state index in [2.05, 4.69) is 62.2 Å². The number of hydrogen-bond donors (Lipinski definition) is 0. The Morgan fingerprint density at radius 3 is 2.45 bits per heavy atom. The molecule has 0 bridgehead atoms. The Morgan fingerprint density at radius 1 is 1.18 bits per heavy atom. The fourth-order valence-corrected chi connectivity index (χ4v) is 8.83. The van der Waals surface area contributed by atoms with Gasteiger partial charge in [-0.05, 0) is 51.7 Å². The second kappa shape index (κ2) is 5.58. The Morgan fingerprint density at radius 2 is 1.86 bits per heavy atom. The molecular weight excluding hydrogens is 326 g/mol. The van der Waals surface area contributed by atoms with Crippen molar-refractivity contribution in [1.29, 1.82) is 5.26 Å². The average molecular weight is 354 g/mol. The van der Waals surface area contributed by atoms with E-state index in [1.807, 2.05) is 0 Å². The molecule has 2 nitrogen and oxygen atoms in total. The standard InChI is InChI=1S/C17H27NOS2Si/c1-15-8-9-17(20-10-11-21-17)12-14(15)6-5-7-16(15,13-18)19-22(2,3)4/h12H,5-11H2,1-4H3/t15-,16+/m0/s1. The van der Waals surface area contributed by atoms with Gasteiger partial charge in [0.15, 0.2) is 13.9 Å². The van der Waals surface area contributed by atoms with Crippen molar-refractivity contribution in [3.8, 4) is 6.07 Å². The number of thioether (sulfide) groups is 2. The van der Waals surface area contributed by atoms with Crippen LogP contribution in [-0.4, -0.2) is 29.5 Å². The lowest BCUT2D eigenvalue weighted by atomic mass is 9.58. The molecule has 2 aliphatic carbocycles. The first kappa shape index (κ1) is 16.9. The van der Waals surface area contributed by atoms with E-state index in [4.69, 9.17) is 4.43 Å². The third-order valence-electron chi connectivity index (χ3n) is 5.38. The minimum atomic E-state index is -1.76. The minimum Gasteiger partial charge on any atom is -0.399 e. The topological polar surface area (TPSA) is 33.0 Å². The van der Waals surface area contributed by atoms with E-state index in [0.717, 1.165) is 25.7 Å². The molecule has 1 aliphatic heterocycles. The summed E-state index contributed by atoms with van der Waals surface area (Å²) in [6.07, 6.45) is 7.95. The van der Waals surface area contributed by atoms with E-state index in [1.165, 1.54) is 23.5 Å². The molecule has 0 aromatic rings. The molecule has 3 aliphatic rings. The zero-order chi connectivity index (χ0) is 16.1. The summed E-state index contributed by atoms with van der Waals surface area (Å²) in [5.41, 5.74) is 0.818. The Bertz CT molecular complexity index is 530. The van der Waals surface area contributed by atoms with E-state index in [-0.39, 0.29) is 5.41 Å². The molecule has 5 heteroatoms. The smallest absolute Gasteiger partial charge is 0.185 e. The Kier molecular flexibility index (Phi) is 4.30. The summed E-state index contributed by atoms with van der Waals surface area (Å²) in [6, 6.07) is 2.65. The summed E-state index contributed by atoms with van der Waals surface area (Å²) in [5.74, 6) is 2.53. The van der Waals surface area contributed by atoms with Crippen LogP contribution in [0.15, 0.2) is 11.6 Å². The minimum absolute atomic E-state index is 0.0881. The van der Waals surface area contributed by atoms with Gasteiger partial charge in [-0.3, -0.25) is 0 Å². The molecular formula is C17H27NOS2Si. The highest BCUT2D eigenvalue weighted by atomic mass is 32.2. The van der Waals surface area contributed by atoms with Gasteiger partial charge < -0.3 is 4.43 Å². The maximum Gasteiger partial charge on any atom is 0.185 e. The van der Waals surface area contributed by atoms with E-state index < -0.39 is 13.9 Å². The normalized spacial score (nSPS) is 37.5.